The SMILES string of the molecule is O=C(O)c1cc2ccccc2c(=O)o1. The van der Waals surface area contributed by atoms with Crippen molar-refractivity contribution in [1.82, 2.24) is 0 Å². The zero-order chi connectivity index (χ0) is 10.1. The monoisotopic (exact) mass is 190 g/mol. The molecule has 2 rings (SSSR count). The summed E-state index contributed by atoms with van der Waals surface area (Å²) in [4.78, 5) is 21.8. The third kappa shape index (κ3) is 1.26. The predicted molar refractivity (Wildman–Crippen MR) is 49.4 cm³/mol. The van der Waals surface area contributed by atoms with Gasteiger partial charge in [0.2, 0.25) is 5.76 Å². The molecule has 0 aliphatic rings. The van der Waals surface area contributed by atoms with Crippen molar-refractivity contribution < 1.29 is 14.3 Å². The lowest BCUT2D eigenvalue weighted by atomic mass is 10.2. The number of hydrogen-bond acceptors (Lipinski definition) is 3. The third-order valence-electron chi connectivity index (χ3n) is 1.88. The van der Waals surface area contributed by atoms with Crippen LogP contribution >= 0.6 is 0 Å². The summed E-state index contributed by atoms with van der Waals surface area (Å²) in [6, 6.07) is 8.01. The molecule has 2 aromatic rings. The van der Waals surface area contributed by atoms with E-state index < -0.39 is 11.6 Å². The number of carbonyl (C=O) groups is 1. The Hall–Kier alpha value is -2.10. The van der Waals surface area contributed by atoms with Crippen LogP contribution in [0.4, 0.5) is 0 Å². The van der Waals surface area contributed by atoms with E-state index in [9.17, 15) is 9.59 Å². The molecule has 0 aliphatic carbocycles. The first-order chi connectivity index (χ1) is 6.68. The van der Waals surface area contributed by atoms with Gasteiger partial charge in [0, 0.05) is 0 Å². The Morgan fingerprint density at radius 2 is 2.00 bits per heavy atom. The third-order valence-corrected chi connectivity index (χ3v) is 1.88. The molecule has 0 aliphatic heterocycles. The van der Waals surface area contributed by atoms with Gasteiger partial charge in [-0.15, -0.1) is 0 Å². The minimum atomic E-state index is -1.24. The van der Waals surface area contributed by atoms with Crippen LogP contribution in [0.3, 0.4) is 0 Å². The first-order valence-electron chi connectivity index (χ1n) is 3.94. The summed E-state index contributed by atoms with van der Waals surface area (Å²) in [5.41, 5.74) is -0.625. The van der Waals surface area contributed by atoms with Crippen molar-refractivity contribution in [3.05, 3.63) is 46.5 Å². The molecule has 0 atom stereocenters. The van der Waals surface area contributed by atoms with Crippen molar-refractivity contribution in [2.75, 3.05) is 0 Å². The van der Waals surface area contributed by atoms with E-state index in [4.69, 9.17) is 5.11 Å². The number of benzene rings is 1. The van der Waals surface area contributed by atoms with Gasteiger partial charge in [-0.05, 0) is 17.5 Å². The maximum Gasteiger partial charge on any atom is 0.371 e. The summed E-state index contributed by atoms with van der Waals surface area (Å²) >= 11 is 0. The number of carboxylic acids is 1. The molecule has 1 heterocycles. The Morgan fingerprint density at radius 1 is 1.29 bits per heavy atom. The molecule has 0 fully saturated rings. The molecular formula is C10H6O4. The molecule has 1 N–H and O–H groups in total. The normalized spacial score (nSPS) is 10.3. The average molecular weight is 190 g/mol. The van der Waals surface area contributed by atoms with E-state index in [0.29, 0.717) is 10.8 Å². The van der Waals surface area contributed by atoms with Gasteiger partial charge in [-0.2, -0.15) is 0 Å². The van der Waals surface area contributed by atoms with Gasteiger partial charge in [-0.3, -0.25) is 0 Å². The van der Waals surface area contributed by atoms with Crippen molar-refractivity contribution in [1.29, 1.82) is 0 Å². The van der Waals surface area contributed by atoms with Crippen molar-refractivity contribution in [2.24, 2.45) is 0 Å². The Labute approximate surface area is 78.4 Å². The van der Waals surface area contributed by atoms with Crippen LogP contribution in [0.25, 0.3) is 10.8 Å². The second kappa shape index (κ2) is 2.99. The predicted octanol–water partition coefficient (Wildman–Crippen LogP) is 1.49. The minimum Gasteiger partial charge on any atom is -0.475 e. The van der Waals surface area contributed by atoms with Crippen LogP contribution in [0.15, 0.2) is 39.5 Å². The lowest BCUT2D eigenvalue weighted by Gasteiger charge is -1.96. The fraction of sp³-hybridized carbons (Fsp3) is 0. The van der Waals surface area contributed by atoms with E-state index in [1.807, 2.05) is 0 Å². The van der Waals surface area contributed by atoms with Crippen LogP contribution in [0.5, 0.6) is 0 Å². The Kier molecular flexibility index (Phi) is 1.81. The maximum absolute atomic E-state index is 11.3. The molecule has 0 bridgehead atoms. The summed E-state index contributed by atoms with van der Waals surface area (Å²) in [5.74, 6) is -1.58. The molecule has 0 saturated carbocycles. The van der Waals surface area contributed by atoms with E-state index in [1.54, 1.807) is 24.3 Å². The molecule has 0 spiro atoms. The average Bonchev–Trinajstić information content (AvgIpc) is 2.17. The number of fused-ring (bicyclic) bond motifs is 1. The number of aromatic carboxylic acids is 1. The van der Waals surface area contributed by atoms with Gasteiger partial charge >= 0.3 is 11.6 Å². The second-order valence-electron chi connectivity index (χ2n) is 2.79. The highest BCUT2D eigenvalue weighted by atomic mass is 16.4. The molecule has 0 amide bonds. The van der Waals surface area contributed by atoms with Gasteiger partial charge in [0.05, 0.1) is 5.39 Å². The van der Waals surface area contributed by atoms with E-state index in [-0.39, 0.29) is 5.76 Å². The topological polar surface area (TPSA) is 67.5 Å². The Bertz CT molecular complexity index is 553. The number of rotatable bonds is 1. The minimum absolute atomic E-state index is 0.339. The van der Waals surface area contributed by atoms with Gasteiger partial charge in [-0.25, -0.2) is 9.59 Å². The van der Waals surface area contributed by atoms with Gasteiger partial charge < -0.3 is 9.52 Å². The van der Waals surface area contributed by atoms with Crippen molar-refractivity contribution in [3.8, 4) is 0 Å². The quantitative estimate of drug-likeness (QED) is 0.739. The molecule has 4 heteroatoms. The molecule has 1 aromatic carbocycles. The van der Waals surface area contributed by atoms with Crippen molar-refractivity contribution >= 4 is 16.7 Å². The van der Waals surface area contributed by atoms with Gasteiger partial charge in [-0.1, -0.05) is 18.2 Å². The summed E-state index contributed by atoms with van der Waals surface area (Å²) in [5, 5.41) is 9.59. The van der Waals surface area contributed by atoms with Crippen LogP contribution in [0.1, 0.15) is 10.6 Å². The van der Waals surface area contributed by atoms with Gasteiger partial charge in [0.25, 0.3) is 0 Å². The van der Waals surface area contributed by atoms with Crippen molar-refractivity contribution in [2.45, 2.75) is 0 Å². The summed E-state index contributed by atoms with van der Waals surface area (Å²) < 4.78 is 4.60. The standard InChI is InChI=1S/C10H6O4/c11-9(12)8-5-6-3-1-2-4-7(6)10(13)14-8/h1-5H,(H,11,12). The first-order valence-corrected chi connectivity index (χ1v) is 3.94. The lowest BCUT2D eigenvalue weighted by Crippen LogP contribution is -2.05. The fourth-order valence-electron chi connectivity index (χ4n) is 1.24. The summed E-state index contributed by atoms with van der Waals surface area (Å²) in [7, 11) is 0. The fourth-order valence-corrected chi connectivity index (χ4v) is 1.24. The molecule has 0 unspecified atom stereocenters. The lowest BCUT2D eigenvalue weighted by molar-refractivity contribution is 0.0658. The van der Waals surface area contributed by atoms with Crippen LogP contribution < -0.4 is 5.63 Å². The highest BCUT2D eigenvalue weighted by Crippen LogP contribution is 2.11. The van der Waals surface area contributed by atoms with Gasteiger partial charge in [0.15, 0.2) is 0 Å². The molecule has 70 valence electrons. The second-order valence-corrected chi connectivity index (χ2v) is 2.79. The molecule has 0 saturated heterocycles. The molecular weight excluding hydrogens is 184 g/mol. The van der Waals surface area contributed by atoms with E-state index >= 15 is 0 Å². The van der Waals surface area contributed by atoms with Crippen LogP contribution in [-0.4, -0.2) is 11.1 Å². The highest BCUT2D eigenvalue weighted by molar-refractivity contribution is 5.90. The highest BCUT2D eigenvalue weighted by Gasteiger charge is 2.09. The molecule has 14 heavy (non-hydrogen) atoms. The molecule has 1 aromatic heterocycles. The van der Waals surface area contributed by atoms with Crippen LogP contribution in [0, 0.1) is 0 Å². The van der Waals surface area contributed by atoms with Crippen LogP contribution in [0.2, 0.25) is 0 Å². The van der Waals surface area contributed by atoms with Crippen molar-refractivity contribution in [3.63, 3.8) is 0 Å². The largest absolute Gasteiger partial charge is 0.475 e. The van der Waals surface area contributed by atoms with Crippen LogP contribution in [-0.2, 0) is 0 Å². The maximum atomic E-state index is 11.3. The van der Waals surface area contributed by atoms with E-state index in [1.165, 1.54) is 6.07 Å². The Morgan fingerprint density at radius 3 is 2.71 bits per heavy atom. The van der Waals surface area contributed by atoms with Gasteiger partial charge in [0.1, 0.15) is 0 Å². The zero-order valence-corrected chi connectivity index (χ0v) is 7.06. The smallest absolute Gasteiger partial charge is 0.371 e. The molecule has 0 radical (unpaired) electrons. The Balaban J connectivity index is 2.86. The number of carboxylic acid groups (broad SMARTS) is 1. The first kappa shape index (κ1) is 8.50. The zero-order valence-electron chi connectivity index (χ0n) is 7.06. The summed E-state index contributed by atoms with van der Waals surface area (Å²) in [6.45, 7) is 0. The van der Waals surface area contributed by atoms with E-state index in [0.717, 1.165) is 0 Å². The summed E-state index contributed by atoms with van der Waals surface area (Å²) in [6.07, 6.45) is 0. The van der Waals surface area contributed by atoms with E-state index in [2.05, 4.69) is 4.42 Å². The molecule has 4 nitrogen and oxygen atoms in total. The number of hydrogen-bond donors (Lipinski definition) is 1.